The van der Waals surface area contributed by atoms with Gasteiger partial charge in [-0.2, -0.15) is 10.4 Å². The number of aromatic nitrogens is 2. The third-order valence-electron chi connectivity index (χ3n) is 4.34. The zero-order valence-corrected chi connectivity index (χ0v) is 13.8. The molecule has 0 amide bonds. The Morgan fingerprint density at radius 1 is 1.58 bits per heavy atom. The molecule has 1 aliphatic heterocycles. The van der Waals surface area contributed by atoms with Gasteiger partial charge in [-0.05, 0) is 20.3 Å². The molecule has 0 aromatic carbocycles. The highest BCUT2D eigenvalue weighted by Crippen LogP contribution is 2.43. The Labute approximate surface area is 140 Å². The lowest BCUT2D eigenvalue weighted by molar-refractivity contribution is -0.116. The van der Waals surface area contributed by atoms with E-state index in [0.29, 0.717) is 30.8 Å². The zero-order chi connectivity index (χ0) is 17.3. The van der Waals surface area contributed by atoms with Gasteiger partial charge >= 0.3 is 0 Å². The molecule has 2 atom stereocenters. The lowest BCUT2D eigenvalue weighted by Gasteiger charge is -2.30. The van der Waals surface area contributed by atoms with Crippen LogP contribution >= 0.6 is 0 Å². The molecule has 0 radical (unpaired) electrons. The lowest BCUT2D eigenvalue weighted by Crippen LogP contribution is -2.27. The van der Waals surface area contributed by atoms with Crippen LogP contribution in [0.25, 0.3) is 0 Å². The van der Waals surface area contributed by atoms with Gasteiger partial charge in [0.15, 0.2) is 5.78 Å². The van der Waals surface area contributed by atoms with Gasteiger partial charge in [0.25, 0.3) is 0 Å². The van der Waals surface area contributed by atoms with Crippen LogP contribution in [0.2, 0.25) is 0 Å². The fourth-order valence-corrected chi connectivity index (χ4v) is 3.21. The first-order valence-corrected chi connectivity index (χ1v) is 8.06. The molecule has 2 N–H and O–H groups in total. The van der Waals surface area contributed by atoms with Crippen molar-refractivity contribution >= 4 is 5.78 Å². The zero-order valence-electron chi connectivity index (χ0n) is 13.8. The molecule has 24 heavy (non-hydrogen) atoms. The van der Waals surface area contributed by atoms with Gasteiger partial charge in [0, 0.05) is 36.8 Å². The van der Waals surface area contributed by atoms with Crippen molar-refractivity contribution in [1.82, 2.24) is 9.78 Å². The van der Waals surface area contributed by atoms with E-state index in [9.17, 15) is 10.1 Å². The van der Waals surface area contributed by atoms with Gasteiger partial charge in [-0.1, -0.05) is 0 Å². The van der Waals surface area contributed by atoms with E-state index in [0.717, 1.165) is 12.0 Å². The highest BCUT2D eigenvalue weighted by atomic mass is 16.5. The van der Waals surface area contributed by atoms with Crippen molar-refractivity contribution in [3.63, 3.8) is 0 Å². The fourth-order valence-electron chi connectivity index (χ4n) is 3.21. The van der Waals surface area contributed by atoms with Crippen LogP contribution in [0, 0.1) is 11.3 Å². The Hall–Kier alpha value is -2.59. The number of allylic oxidation sites excluding steroid dienone is 3. The lowest BCUT2D eigenvalue weighted by atomic mass is 9.78. The van der Waals surface area contributed by atoms with Crippen LogP contribution in [0.15, 0.2) is 35.2 Å². The Bertz CT molecular complexity index is 769. The first kappa shape index (κ1) is 16.3. The molecule has 0 spiro atoms. The number of ketones is 1. The predicted molar refractivity (Wildman–Crippen MR) is 85.1 cm³/mol. The standard InChI is InChI=1S/C17H20N4O3/c1-3-23-10(2)21-9-11(8-20-21)15-12(7-18)17(19)24-14-6-4-5-13(22)16(14)15/h8-10,15H,3-6,19H2,1-2H3/t10-,15-/m0/s1. The van der Waals surface area contributed by atoms with Gasteiger partial charge in [0.05, 0.1) is 12.1 Å². The van der Waals surface area contributed by atoms with E-state index in [2.05, 4.69) is 11.2 Å². The van der Waals surface area contributed by atoms with E-state index in [-0.39, 0.29) is 23.5 Å². The average Bonchev–Trinajstić information content (AvgIpc) is 3.04. The van der Waals surface area contributed by atoms with Crippen molar-refractivity contribution in [2.75, 3.05) is 6.61 Å². The normalized spacial score (nSPS) is 22.0. The number of ether oxygens (including phenoxy) is 2. The van der Waals surface area contributed by atoms with Gasteiger partial charge in [0.1, 0.15) is 23.6 Å². The number of nitriles is 1. The second kappa shape index (κ2) is 6.49. The largest absolute Gasteiger partial charge is 0.444 e. The SMILES string of the molecule is CCO[C@@H](C)n1cc([C@H]2C(C#N)=C(N)OC3=C2C(=O)CCC3)cn1. The summed E-state index contributed by atoms with van der Waals surface area (Å²) >= 11 is 0. The van der Waals surface area contributed by atoms with E-state index in [4.69, 9.17) is 15.2 Å². The number of rotatable bonds is 4. The van der Waals surface area contributed by atoms with Crippen LogP contribution in [0.3, 0.4) is 0 Å². The van der Waals surface area contributed by atoms with E-state index >= 15 is 0 Å². The number of carbonyl (C=O) groups excluding carboxylic acids is 1. The maximum atomic E-state index is 12.5. The molecule has 2 heterocycles. The van der Waals surface area contributed by atoms with Crippen molar-refractivity contribution in [2.45, 2.75) is 45.3 Å². The highest BCUT2D eigenvalue weighted by Gasteiger charge is 2.38. The molecule has 0 saturated heterocycles. The smallest absolute Gasteiger partial charge is 0.205 e. The van der Waals surface area contributed by atoms with Gasteiger partial charge < -0.3 is 15.2 Å². The predicted octanol–water partition coefficient (Wildman–Crippen LogP) is 2.25. The first-order valence-electron chi connectivity index (χ1n) is 8.06. The summed E-state index contributed by atoms with van der Waals surface area (Å²) in [5, 5.41) is 13.8. The molecule has 0 unspecified atom stereocenters. The molecule has 0 saturated carbocycles. The number of nitrogens with zero attached hydrogens (tertiary/aromatic N) is 3. The number of hydrogen-bond donors (Lipinski definition) is 1. The fraction of sp³-hybridized carbons (Fsp3) is 0.471. The summed E-state index contributed by atoms with van der Waals surface area (Å²) in [6.07, 6.45) is 5.07. The van der Waals surface area contributed by atoms with Gasteiger partial charge in [-0.3, -0.25) is 4.79 Å². The molecule has 0 bridgehead atoms. The summed E-state index contributed by atoms with van der Waals surface area (Å²) < 4.78 is 12.7. The topological polar surface area (TPSA) is 103 Å². The second-order valence-electron chi connectivity index (χ2n) is 5.85. The van der Waals surface area contributed by atoms with E-state index in [1.807, 2.05) is 13.8 Å². The van der Waals surface area contributed by atoms with Crippen LogP contribution in [0.5, 0.6) is 0 Å². The van der Waals surface area contributed by atoms with E-state index in [1.54, 1.807) is 17.1 Å². The summed E-state index contributed by atoms with van der Waals surface area (Å²) in [6, 6.07) is 2.09. The minimum Gasteiger partial charge on any atom is -0.444 e. The average molecular weight is 328 g/mol. The van der Waals surface area contributed by atoms with Crippen molar-refractivity contribution in [3.8, 4) is 6.07 Å². The summed E-state index contributed by atoms with van der Waals surface area (Å²) in [6.45, 7) is 4.36. The first-order chi connectivity index (χ1) is 11.6. The summed E-state index contributed by atoms with van der Waals surface area (Å²) in [5.41, 5.74) is 7.46. The molecule has 0 fully saturated rings. The van der Waals surface area contributed by atoms with E-state index < -0.39 is 5.92 Å². The Balaban J connectivity index is 2.05. The molecular formula is C17H20N4O3. The Kier molecular flexibility index (Phi) is 4.40. The van der Waals surface area contributed by atoms with Crippen LogP contribution in [-0.4, -0.2) is 22.2 Å². The third-order valence-corrected chi connectivity index (χ3v) is 4.34. The molecule has 1 aliphatic carbocycles. The van der Waals surface area contributed by atoms with Gasteiger partial charge in [-0.25, -0.2) is 4.68 Å². The monoisotopic (exact) mass is 328 g/mol. The van der Waals surface area contributed by atoms with Crippen LogP contribution in [0.4, 0.5) is 0 Å². The van der Waals surface area contributed by atoms with E-state index in [1.165, 1.54) is 0 Å². The molecule has 2 aliphatic rings. The molecule has 1 aromatic rings. The quantitative estimate of drug-likeness (QED) is 0.909. The molecule has 1 aromatic heterocycles. The number of Topliss-reactive ketones (excluding diaryl/α,β-unsaturated/α-hetero) is 1. The minimum atomic E-state index is -0.519. The van der Waals surface area contributed by atoms with Crippen LogP contribution < -0.4 is 5.73 Å². The minimum absolute atomic E-state index is 0.00658. The molecule has 3 rings (SSSR count). The van der Waals surface area contributed by atoms with Crippen LogP contribution in [0.1, 0.15) is 50.8 Å². The number of hydrogen-bond acceptors (Lipinski definition) is 6. The molecular weight excluding hydrogens is 308 g/mol. The van der Waals surface area contributed by atoms with Crippen molar-refractivity contribution in [1.29, 1.82) is 5.26 Å². The summed E-state index contributed by atoms with van der Waals surface area (Å²) in [7, 11) is 0. The number of carbonyl (C=O) groups is 1. The summed E-state index contributed by atoms with van der Waals surface area (Å²) in [4.78, 5) is 12.5. The molecule has 126 valence electrons. The second-order valence-corrected chi connectivity index (χ2v) is 5.85. The maximum Gasteiger partial charge on any atom is 0.205 e. The number of nitrogens with two attached hydrogens (primary N) is 1. The Morgan fingerprint density at radius 3 is 3.08 bits per heavy atom. The van der Waals surface area contributed by atoms with Crippen molar-refractivity contribution < 1.29 is 14.3 Å². The van der Waals surface area contributed by atoms with Gasteiger partial charge in [0.2, 0.25) is 5.88 Å². The highest BCUT2D eigenvalue weighted by molar-refractivity contribution is 5.99. The summed E-state index contributed by atoms with van der Waals surface area (Å²) in [5.74, 6) is 0.140. The maximum absolute atomic E-state index is 12.5. The van der Waals surface area contributed by atoms with Gasteiger partial charge in [-0.15, -0.1) is 0 Å². The third kappa shape index (κ3) is 2.69. The van der Waals surface area contributed by atoms with Crippen LogP contribution in [-0.2, 0) is 14.3 Å². The molecule has 7 nitrogen and oxygen atoms in total. The van der Waals surface area contributed by atoms with Crippen molar-refractivity contribution in [3.05, 3.63) is 40.7 Å². The van der Waals surface area contributed by atoms with Crippen molar-refractivity contribution in [2.24, 2.45) is 5.73 Å². The Morgan fingerprint density at radius 2 is 2.38 bits per heavy atom. The molecule has 7 heteroatoms.